The predicted octanol–water partition coefficient (Wildman–Crippen LogP) is 2.48. The van der Waals surface area contributed by atoms with Gasteiger partial charge in [0.1, 0.15) is 0 Å². The lowest BCUT2D eigenvalue weighted by molar-refractivity contribution is 0.292. The van der Waals surface area contributed by atoms with Gasteiger partial charge in [-0.1, -0.05) is 20.3 Å². The fraction of sp³-hybridized carbons (Fsp3) is 0.818. The lowest BCUT2D eigenvalue weighted by Gasteiger charge is -2.21. The van der Waals surface area contributed by atoms with Gasteiger partial charge in [0.15, 0.2) is 5.41 Å². The van der Waals surface area contributed by atoms with Crippen LogP contribution in [0.4, 0.5) is 0 Å². The molecule has 2 fully saturated rings. The zero-order valence-electron chi connectivity index (χ0n) is 8.17. The molecule has 0 bridgehead atoms. The maximum atomic E-state index is 9.07. The van der Waals surface area contributed by atoms with Gasteiger partial charge in [0.05, 0.1) is 12.1 Å². The summed E-state index contributed by atoms with van der Waals surface area (Å²) in [4.78, 5) is 0. The molecule has 0 aromatic carbocycles. The molecule has 3 unspecified atom stereocenters. The van der Waals surface area contributed by atoms with Crippen LogP contribution >= 0.6 is 0 Å². The Morgan fingerprint density at radius 2 is 1.92 bits per heavy atom. The van der Waals surface area contributed by atoms with Crippen LogP contribution < -0.4 is 0 Å². The third-order valence-corrected chi connectivity index (χ3v) is 4.26. The van der Waals surface area contributed by atoms with Gasteiger partial charge in [-0.15, -0.1) is 0 Å². The zero-order valence-corrected chi connectivity index (χ0v) is 8.17. The minimum Gasteiger partial charge on any atom is -0.197 e. The minimum atomic E-state index is -0.641. The third kappa shape index (κ3) is 0.767. The number of fused-ring (bicyclic) bond motifs is 1. The summed E-state index contributed by atoms with van der Waals surface area (Å²) in [6.07, 6.45) is 3.30. The fourth-order valence-electron chi connectivity index (χ4n) is 3.09. The first-order valence-electron chi connectivity index (χ1n) is 4.93. The third-order valence-electron chi connectivity index (χ3n) is 4.26. The highest BCUT2D eigenvalue weighted by Gasteiger charge is 2.76. The van der Waals surface area contributed by atoms with Crippen LogP contribution in [-0.2, 0) is 0 Å². The summed E-state index contributed by atoms with van der Waals surface area (Å²) in [6, 6.07) is 4.49. The summed E-state index contributed by atoms with van der Waals surface area (Å²) in [5.74, 6) is 1.04. The van der Waals surface area contributed by atoms with Crippen molar-refractivity contribution in [1.29, 1.82) is 10.5 Å². The maximum Gasteiger partial charge on any atom is 0.152 e. The largest absolute Gasteiger partial charge is 0.197 e. The van der Waals surface area contributed by atoms with Crippen molar-refractivity contribution in [1.82, 2.24) is 0 Å². The average Bonchev–Trinajstić information content (AvgIpc) is 2.66. The first kappa shape index (κ1) is 8.57. The van der Waals surface area contributed by atoms with E-state index in [1.807, 2.05) is 0 Å². The van der Waals surface area contributed by atoms with Gasteiger partial charge in [0, 0.05) is 5.41 Å². The first-order valence-corrected chi connectivity index (χ1v) is 4.93. The van der Waals surface area contributed by atoms with Crippen molar-refractivity contribution in [2.75, 3.05) is 0 Å². The molecule has 2 rings (SSSR count). The van der Waals surface area contributed by atoms with E-state index in [1.54, 1.807) is 0 Å². The van der Waals surface area contributed by atoms with Crippen LogP contribution in [-0.4, -0.2) is 0 Å². The molecule has 0 N–H and O–H groups in total. The Bertz CT molecular complexity index is 306. The highest BCUT2D eigenvalue weighted by Crippen LogP contribution is 2.74. The van der Waals surface area contributed by atoms with E-state index < -0.39 is 5.41 Å². The molecule has 0 radical (unpaired) electrons. The predicted molar refractivity (Wildman–Crippen MR) is 48.3 cm³/mol. The SMILES string of the molecule is CC1CCC2(C)C(C1)C2(C#N)C#N. The summed E-state index contributed by atoms with van der Waals surface area (Å²) < 4.78 is 0. The van der Waals surface area contributed by atoms with Gasteiger partial charge < -0.3 is 0 Å². The molecular formula is C11H14N2. The summed E-state index contributed by atoms with van der Waals surface area (Å²) in [5.41, 5.74) is -0.624. The maximum absolute atomic E-state index is 9.07. The Hall–Kier alpha value is -1.02. The lowest BCUT2D eigenvalue weighted by atomic mass is 9.83. The molecule has 2 aliphatic carbocycles. The van der Waals surface area contributed by atoms with Crippen LogP contribution in [0, 0.1) is 45.3 Å². The number of rotatable bonds is 0. The van der Waals surface area contributed by atoms with Gasteiger partial charge in [-0.05, 0) is 24.7 Å². The van der Waals surface area contributed by atoms with Crippen molar-refractivity contribution in [3.63, 3.8) is 0 Å². The highest BCUT2D eigenvalue weighted by molar-refractivity contribution is 5.38. The first-order chi connectivity index (χ1) is 6.10. The Balaban J connectivity index is 2.31. The van der Waals surface area contributed by atoms with Gasteiger partial charge in [-0.25, -0.2) is 0 Å². The molecule has 2 heteroatoms. The van der Waals surface area contributed by atoms with E-state index in [0.717, 1.165) is 12.8 Å². The fourth-order valence-corrected chi connectivity index (χ4v) is 3.09. The molecule has 2 saturated carbocycles. The lowest BCUT2D eigenvalue weighted by Crippen LogP contribution is -2.12. The summed E-state index contributed by atoms with van der Waals surface area (Å²) in [7, 11) is 0. The Morgan fingerprint density at radius 3 is 2.38 bits per heavy atom. The minimum absolute atomic E-state index is 0.0169. The second-order valence-electron chi connectivity index (χ2n) is 4.88. The molecule has 3 atom stereocenters. The molecule has 0 saturated heterocycles. The van der Waals surface area contributed by atoms with Crippen LogP contribution in [0.3, 0.4) is 0 Å². The van der Waals surface area contributed by atoms with Gasteiger partial charge >= 0.3 is 0 Å². The molecule has 13 heavy (non-hydrogen) atoms. The average molecular weight is 174 g/mol. The van der Waals surface area contributed by atoms with Crippen LogP contribution in [0.25, 0.3) is 0 Å². The molecule has 0 aliphatic heterocycles. The van der Waals surface area contributed by atoms with Gasteiger partial charge in [0.2, 0.25) is 0 Å². The quantitative estimate of drug-likeness (QED) is 0.566. The van der Waals surface area contributed by atoms with E-state index in [2.05, 4.69) is 26.0 Å². The molecule has 0 aromatic heterocycles. The number of nitriles is 2. The van der Waals surface area contributed by atoms with Gasteiger partial charge in [0.25, 0.3) is 0 Å². The molecule has 0 spiro atoms. The molecule has 68 valence electrons. The number of hydrogen-bond acceptors (Lipinski definition) is 2. The van der Waals surface area contributed by atoms with E-state index >= 15 is 0 Å². The van der Waals surface area contributed by atoms with Crippen molar-refractivity contribution < 1.29 is 0 Å². The van der Waals surface area contributed by atoms with E-state index in [0.29, 0.717) is 11.8 Å². The normalized spacial score (nSPS) is 45.5. The van der Waals surface area contributed by atoms with Gasteiger partial charge in [-0.2, -0.15) is 10.5 Å². The van der Waals surface area contributed by atoms with Crippen LogP contribution in [0.2, 0.25) is 0 Å². The number of hydrogen-bond donors (Lipinski definition) is 0. The van der Waals surface area contributed by atoms with Crippen LogP contribution in [0.5, 0.6) is 0 Å². The Labute approximate surface area is 79.2 Å². The molecule has 2 aliphatic rings. The Morgan fingerprint density at radius 1 is 1.31 bits per heavy atom. The molecule has 2 nitrogen and oxygen atoms in total. The van der Waals surface area contributed by atoms with E-state index in [-0.39, 0.29) is 5.41 Å². The Kier molecular flexibility index (Phi) is 1.49. The smallest absolute Gasteiger partial charge is 0.152 e. The topological polar surface area (TPSA) is 47.6 Å². The molecule has 0 aromatic rings. The van der Waals surface area contributed by atoms with Crippen LogP contribution in [0.15, 0.2) is 0 Å². The van der Waals surface area contributed by atoms with Crippen molar-refractivity contribution in [3.8, 4) is 12.1 Å². The second kappa shape index (κ2) is 2.26. The second-order valence-corrected chi connectivity index (χ2v) is 4.88. The molecular weight excluding hydrogens is 160 g/mol. The van der Waals surface area contributed by atoms with Crippen molar-refractivity contribution >= 4 is 0 Å². The summed E-state index contributed by atoms with van der Waals surface area (Å²) in [6.45, 7) is 4.33. The van der Waals surface area contributed by atoms with Crippen molar-refractivity contribution in [2.24, 2.45) is 22.7 Å². The molecule has 0 heterocycles. The van der Waals surface area contributed by atoms with Gasteiger partial charge in [-0.3, -0.25) is 0 Å². The van der Waals surface area contributed by atoms with Crippen molar-refractivity contribution in [3.05, 3.63) is 0 Å². The van der Waals surface area contributed by atoms with E-state index in [9.17, 15) is 0 Å². The van der Waals surface area contributed by atoms with E-state index in [4.69, 9.17) is 10.5 Å². The zero-order chi connectivity index (χ0) is 9.69. The summed E-state index contributed by atoms with van der Waals surface area (Å²) >= 11 is 0. The highest BCUT2D eigenvalue weighted by atomic mass is 14.8. The summed E-state index contributed by atoms with van der Waals surface area (Å²) in [5, 5.41) is 18.1. The van der Waals surface area contributed by atoms with Crippen LogP contribution in [0.1, 0.15) is 33.1 Å². The van der Waals surface area contributed by atoms with E-state index in [1.165, 1.54) is 6.42 Å². The molecule has 0 amide bonds. The number of nitrogens with zero attached hydrogens (tertiary/aromatic N) is 2. The van der Waals surface area contributed by atoms with Crippen molar-refractivity contribution in [2.45, 2.75) is 33.1 Å². The standard InChI is InChI=1S/C11H14N2/c1-8-3-4-10(2)9(5-8)11(10,6-12)7-13/h8-9H,3-5H2,1-2H3. The monoisotopic (exact) mass is 174 g/mol.